The number of piperidine rings is 1. The van der Waals surface area contributed by atoms with Gasteiger partial charge in [0.2, 0.25) is 5.91 Å². The van der Waals surface area contributed by atoms with E-state index in [2.05, 4.69) is 10.3 Å². The highest BCUT2D eigenvalue weighted by Gasteiger charge is 2.34. The summed E-state index contributed by atoms with van der Waals surface area (Å²) in [5, 5.41) is 3.32. The molecule has 0 radical (unpaired) electrons. The van der Waals surface area contributed by atoms with Crippen LogP contribution in [0.2, 0.25) is 4.34 Å². The van der Waals surface area contributed by atoms with Crippen molar-refractivity contribution in [3.63, 3.8) is 0 Å². The smallest absolute Gasteiger partial charge is 0.252 e. The van der Waals surface area contributed by atoms with Crippen LogP contribution in [0.25, 0.3) is 10.2 Å². The van der Waals surface area contributed by atoms with E-state index in [9.17, 15) is 13.2 Å². The number of halogens is 1. The second-order valence-electron chi connectivity index (χ2n) is 7.23. The van der Waals surface area contributed by atoms with Crippen LogP contribution in [0.15, 0.2) is 28.5 Å². The van der Waals surface area contributed by atoms with Gasteiger partial charge in [0.05, 0.1) is 20.5 Å². The standard InChI is InChI=1S/C19H18ClN3O5S3/c20-16-3-4-17(30-16)31(25,26)23-5-1-2-11(10-23)18(24)22-19-21-12-8-13-14(9-15(12)29-19)28-7-6-27-13/h3-4,8-9,11H,1-2,5-7,10H2,(H,21,22,24). The van der Waals surface area contributed by atoms with E-state index >= 15 is 0 Å². The minimum Gasteiger partial charge on any atom is -0.486 e. The summed E-state index contributed by atoms with van der Waals surface area (Å²) in [5.74, 6) is 0.622. The predicted octanol–water partition coefficient (Wildman–Crippen LogP) is 3.82. The maximum absolute atomic E-state index is 12.9. The van der Waals surface area contributed by atoms with Crippen LogP contribution in [0.1, 0.15) is 12.8 Å². The molecule has 4 heterocycles. The zero-order valence-corrected chi connectivity index (χ0v) is 19.4. The molecule has 1 fully saturated rings. The van der Waals surface area contributed by atoms with Crippen LogP contribution in [0, 0.1) is 5.92 Å². The van der Waals surface area contributed by atoms with E-state index in [1.165, 1.54) is 21.7 Å². The molecule has 164 valence electrons. The Kier molecular flexibility index (Phi) is 5.55. The normalized spacial score (nSPS) is 19.5. The summed E-state index contributed by atoms with van der Waals surface area (Å²) in [6.45, 7) is 1.50. The number of nitrogens with one attached hydrogen (secondary N) is 1. The van der Waals surface area contributed by atoms with Gasteiger partial charge in [-0.2, -0.15) is 4.31 Å². The fraction of sp³-hybridized carbons (Fsp3) is 0.368. The molecule has 1 aromatic carbocycles. The summed E-state index contributed by atoms with van der Waals surface area (Å²) in [5.41, 5.74) is 0.715. The van der Waals surface area contributed by atoms with Crippen molar-refractivity contribution < 1.29 is 22.7 Å². The third kappa shape index (κ3) is 4.12. The second-order valence-corrected chi connectivity index (χ2v) is 12.1. The van der Waals surface area contributed by atoms with Crippen LogP contribution in [-0.2, 0) is 14.8 Å². The van der Waals surface area contributed by atoms with E-state index in [1.807, 2.05) is 6.07 Å². The van der Waals surface area contributed by atoms with Gasteiger partial charge in [-0.3, -0.25) is 4.79 Å². The molecule has 1 saturated heterocycles. The Morgan fingerprint density at radius 1 is 1.19 bits per heavy atom. The lowest BCUT2D eigenvalue weighted by molar-refractivity contribution is -0.120. The van der Waals surface area contributed by atoms with E-state index in [0.717, 1.165) is 16.0 Å². The number of nitrogens with zero attached hydrogens (tertiary/aromatic N) is 2. The predicted molar refractivity (Wildman–Crippen MR) is 120 cm³/mol. The van der Waals surface area contributed by atoms with Gasteiger partial charge in [-0.15, -0.1) is 11.3 Å². The fourth-order valence-electron chi connectivity index (χ4n) is 3.66. The third-order valence-electron chi connectivity index (χ3n) is 5.18. The molecule has 2 aliphatic rings. The third-order valence-corrected chi connectivity index (χ3v) is 9.68. The van der Waals surface area contributed by atoms with Crippen LogP contribution >= 0.6 is 34.3 Å². The number of thiophene rings is 1. The maximum Gasteiger partial charge on any atom is 0.252 e. The van der Waals surface area contributed by atoms with Gasteiger partial charge >= 0.3 is 0 Å². The topological polar surface area (TPSA) is 97.8 Å². The molecule has 2 aromatic heterocycles. The van der Waals surface area contributed by atoms with Crippen LogP contribution in [0.5, 0.6) is 11.5 Å². The molecule has 12 heteroatoms. The Morgan fingerprint density at radius 3 is 2.71 bits per heavy atom. The van der Waals surface area contributed by atoms with E-state index in [1.54, 1.807) is 12.1 Å². The van der Waals surface area contributed by atoms with Gasteiger partial charge in [0, 0.05) is 25.2 Å². The number of amides is 1. The zero-order valence-electron chi connectivity index (χ0n) is 16.2. The number of carbonyl (C=O) groups is 1. The highest BCUT2D eigenvalue weighted by molar-refractivity contribution is 7.91. The van der Waals surface area contributed by atoms with E-state index in [4.69, 9.17) is 21.1 Å². The summed E-state index contributed by atoms with van der Waals surface area (Å²) < 4.78 is 39.8. The first kappa shape index (κ1) is 21.0. The lowest BCUT2D eigenvalue weighted by Crippen LogP contribution is -2.43. The minimum atomic E-state index is -3.66. The van der Waals surface area contributed by atoms with Crippen molar-refractivity contribution in [2.45, 2.75) is 17.1 Å². The van der Waals surface area contributed by atoms with E-state index in [-0.39, 0.29) is 16.7 Å². The molecular weight excluding hydrogens is 482 g/mol. The SMILES string of the molecule is O=C(Nc1nc2cc3c(cc2s1)OCCO3)C1CCCN(S(=O)(=O)c2ccc(Cl)s2)C1. The first-order valence-electron chi connectivity index (χ1n) is 9.67. The van der Waals surface area contributed by atoms with Gasteiger partial charge < -0.3 is 14.8 Å². The monoisotopic (exact) mass is 499 g/mol. The van der Waals surface area contributed by atoms with Crippen LogP contribution in [-0.4, -0.2) is 49.9 Å². The van der Waals surface area contributed by atoms with Gasteiger partial charge in [0.15, 0.2) is 16.6 Å². The average molecular weight is 500 g/mol. The van der Waals surface area contributed by atoms with Crippen molar-refractivity contribution in [1.29, 1.82) is 0 Å². The molecule has 8 nitrogen and oxygen atoms in total. The molecule has 0 saturated carbocycles. The number of aromatic nitrogens is 1. The van der Waals surface area contributed by atoms with Crippen molar-refractivity contribution in [3.8, 4) is 11.5 Å². The molecular formula is C19H18ClN3O5S3. The van der Waals surface area contributed by atoms with Crippen LogP contribution in [0.4, 0.5) is 5.13 Å². The first-order chi connectivity index (χ1) is 14.9. The number of sulfonamides is 1. The molecule has 1 N–H and O–H groups in total. The largest absolute Gasteiger partial charge is 0.486 e. The number of hydrogen-bond donors (Lipinski definition) is 1. The minimum absolute atomic E-state index is 0.130. The Hall–Kier alpha value is -1.92. The molecule has 1 atom stereocenters. The number of benzene rings is 1. The number of hydrogen-bond acceptors (Lipinski definition) is 8. The average Bonchev–Trinajstić information content (AvgIpc) is 3.37. The lowest BCUT2D eigenvalue weighted by Gasteiger charge is -2.30. The first-order valence-corrected chi connectivity index (χ1v) is 13.1. The molecule has 0 bridgehead atoms. The maximum atomic E-state index is 12.9. The van der Waals surface area contributed by atoms with Crippen molar-refractivity contribution in [2.75, 3.05) is 31.6 Å². The van der Waals surface area contributed by atoms with Gasteiger partial charge in [-0.1, -0.05) is 22.9 Å². The van der Waals surface area contributed by atoms with E-state index in [0.29, 0.717) is 59.1 Å². The number of fused-ring (bicyclic) bond motifs is 2. The Balaban J connectivity index is 1.31. The quantitative estimate of drug-likeness (QED) is 0.586. The molecule has 0 spiro atoms. The summed E-state index contributed by atoms with van der Waals surface area (Å²) in [6.07, 6.45) is 1.22. The molecule has 0 aliphatic carbocycles. The van der Waals surface area contributed by atoms with E-state index < -0.39 is 15.9 Å². The van der Waals surface area contributed by atoms with Crippen molar-refractivity contribution in [1.82, 2.24) is 9.29 Å². The number of carbonyl (C=O) groups excluding carboxylic acids is 1. The Labute approximate surface area is 191 Å². The van der Waals surface area contributed by atoms with Crippen molar-refractivity contribution >= 4 is 65.6 Å². The molecule has 3 aromatic rings. The van der Waals surface area contributed by atoms with Crippen molar-refractivity contribution in [2.24, 2.45) is 5.92 Å². The van der Waals surface area contributed by atoms with Crippen LogP contribution in [0.3, 0.4) is 0 Å². The van der Waals surface area contributed by atoms with Crippen LogP contribution < -0.4 is 14.8 Å². The number of rotatable bonds is 4. The fourth-order valence-corrected chi connectivity index (χ4v) is 7.70. The van der Waals surface area contributed by atoms with Gasteiger partial charge in [0.1, 0.15) is 17.4 Å². The summed E-state index contributed by atoms with van der Waals surface area (Å²) in [7, 11) is -3.66. The highest BCUT2D eigenvalue weighted by atomic mass is 35.5. The Morgan fingerprint density at radius 2 is 1.97 bits per heavy atom. The summed E-state index contributed by atoms with van der Waals surface area (Å²) in [4.78, 5) is 17.4. The molecule has 1 unspecified atom stereocenters. The molecule has 1 amide bonds. The molecule has 2 aliphatic heterocycles. The molecule has 31 heavy (non-hydrogen) atoms. The number of ether oxygens (including phenoxy) is 2. The van der Waals surface area contributed by atoms with Gasteiger partial charge in [-0.25, -0.2) is 13.4 Å². The number of thiazole rings is 1. The zero-order chi connectivity index (χ0) is 21.6. The van der Waals surface area contributed by atoms with Gasteiger partial charge in [0.25, 0.3) is 10.0 Å². The summed E-state index contributed by atoms with van der Waals surface area (Å²) in [6, 6.07) is 6.73. The number of anilines is 1. The highest BCUT2D eigenvalue weighted by Crippen LogP contribution is 2.38. The molecule has 5 rings (SSSR count). The summed E-state index contributed by atoms with van der Waals surface area (Å²) >= 11 is 8.26. The van der Waals surface area contributed by atoms with Gasteiger partial charge in [-0.05, 0) is 25.0 Å². The second kappa shape index (κ2) is 8.21. The Bertz CT molecular complexity index is 1210. The van der Waals surface area contributed by atoms with Crippen molar-refractivity contribution in [3.05, 3.63) is 28.6 Å². The lowest BCUT2D eigenvalue weighted by atomic mass is 9.99.